The number of carbonyl (C=O) groups excluding carboxylic acids is 2. The van der Waals surface area contributed by atoms with Gasteiger partial charge < -0.3 is 0 Å². The average molecular weight is 253 g/mol. The summed E-state index contributed by atoms with van der Waals surface area (Å²) in [5.74, 6) is -2.10. The molecule has 0 aliphatic carbocycles. The lowest BCUT2D eigenvalue weighted by atomic mass is 10.6. The van der Waals surface area contributed by atoms with Crippen LogP contribution in [0.15, 0.2) is 12.2 Å². The van der Waals surface area contributed by atoms with Crippen molar-refractivity contribution in [2.75, 3.05) is 11.3 Å². The van der Waals surface area contributed by atoms with Gasteiger partial charge in [0.05, 0.1) is 0 Å². The van der Waals surface area contributed by atoms with Crippen LogP contribution in [0.3, 0.4) is 0 Å². The summed E-state index contributed by atoms with van der Waals surface area (Å²) in [6.07, 6.45) is 2.23. The van der Waals surface area contributed by atoms with Gasteiger partial charge in [-0.25, -0.2) is 16.8 Å². The van der Waals surface area contributed by atoms with Gasteiger partial charge in [-0.2, -0.15) is 4.31 Å². The molecule has 0 spiro atoms. The fourth-order valence-electron chi connectivity index (χ4n) is 0.984. The summed E-state index contributed by atoms with van der Waals surface area (Å²) in [4.78, 5) is 21.9. The van der Waals surface area contributed by atoms with Crippen molar-refractivity contribution in [1.82, 2.24) is 4.31 Å². The van der Waals surface area contributed by atoms with Crippen molar-refractivity contribution in [2.45, 2.75) is 0 Å². The molecule has 15 heavy (non-hydrogen) atoms. The molecule has 0 aromatic carbocycles. The Bertz CT molecular complexity index is 522. The standard InChI is InChI=1S/C6H7NO6S2/c1-14(10,11)4-15(12,13)7-5(8)2-3-6(7)9/h2-3H,4H2,1H3. The third-order valence-corrected chi connectivity index (χ3v) is 5.23. The van der Waals surface area contributed by atoms with E-state index in [9.17, 15) is 26.4 Å². The number of nitrogens with zero attached hydrogens (tertiary/aromatic N) is 1. The summed E-state index contributed by atoms with van der Waals surface area (Å²) in [6, 6.07) is 0. The van der Waals surface area contributed by atoms with Gasteiger partial charge in [0, 0.05) is 18.4 Å². The van der Waals surface area contributed by atoms with Crippen molar-refractivity contribution in [3.63, 3.8) is 0 Å². The largest absolute Gasteiger partial charge is 0.268 e. The molecule has 0 atom stereocenters. The Morgan fingerprint density at radius 2 is 1.47 bits per heavy atom. The molecule has 0 radical (unpaired) electrons. The number of hydrogen-bond donors (Lipinski definition) is 0. The van der Waals surface area contributed by atoms with Crippen LogP contribution in [-0.2, 0) is 29.4 Å². The van der Waals surface area contributed by atoms with E-state index in [0.717, 1.165) is 12.2 Å². The van der Waals surface area contributed by atoms with Crippen molar-refractivity contribution in [1.29, 1.82) is 0 Å². The molecule has 2 amide bonds. The number of carbonyl (C=O) groups is 2. The van der Waals surface area contributed by atoms with E-state index in [1.807, 2.05) is 0 Å². The molecule has 0 saturated heterocycles. The van der Waals surface area contributed by atoms with Crippen molar-refractivity contribution in [2.24, 2.45) is 0 Å². The van der Waals surface area contributed by atoms with Crippen LogP contribution in [0.4, 0.5) is 0 Å². The van der Waals surface area contributed by atoms with Crippen LogP contribution < -0.4 is 0 Å². The molecular formula is C6H7NO6S2. The molecule has 0 aromatic heterocycles. The minimum atomic E-state index is -4.43. The summed E-state index contributed by atoms with van der Waals surface area (Å²) in [5.41, 5.74) is 0. The summed E-state index contributed by atoms with van der Waals surface area (Å²) < 4.78 is 44.1. The highest BCUT2D eigenvalue weighted by molar-refractivity contribution is 8.07. The molecule has 0 N–H and O–H groups in total. The van der Waals surface area contributed by atoms with Crippen LogP contribution in [0.5, 0.6) is 0 Å². The Labute approximate surface area is 86.3 Å². The van der Waals surface area contributed by atoms with Gasteiger partial charge in [-0.3, -0.25) is 9.59 Å². The Morgan fingerprint density at radius 1 is 1.07 bits per heavy atom. The second kappa shape index (κ2) is 3.42. The van der Waals surface area contributed by atoms with Gasteiger partial charge >= 0.3 is 0 Å². The van der Waals surface area contributed by atoms with E-state index < -0.39 is 36.8 Å². The van der Waals surface area contributed by atoms with E-state index in [4.69, 9.17) is 0 Å². The highest BCUT2D eigenvalue weighted by Crippen LogP contribution is 2.12. The lowest BCUT2D eigenvalue weighted by Gasteiger charge is -2.12. The van der Waals surface area contributed by atoms with E-state index in [0.29, 0.717) is 6.26 Å². The lowest BCUT2D eigenvalue weighted by Crippen LogP contribution is -2.39. The van der Waals surface area contributed by atoms with E-state index in [2.05, 4.69) is 0 Å². The number of sulfone groups is 1. The minimum absolute atomic E-state index is 0.0615. The molecule has 7 nitrogen and oxygen atoms in total. The van der Waals surface area contributed by atoms with Gasteiger partial charge in [0.1, 0.15) is 0 Å². The van der Waals surface area contributed by atoms with Crippen LogP contribution in [0.25, 0.3) is 0 Å². The molecule has 9 heteroatoms. The molecule has 1 heterocycles. The quantitative estimate of drug-likeness (QED) is 0.552. The molecular weight excluding hydrogens is 246 g/mol. The van der Waals surface area contributed by atoms with Gasteiger partial charge in [0.2, 0.25) is 0 Å². The maximum atomic E-state index is 11.3. The normalized spacial score (nSPS) is 17.5. The fourth-order valence-corrected chi connectivity index (χ4v) is 4.24. The Balaban J connectivity index is 3.09. The third-order valence-electron chi connectivity index (χ3n) is 1.41. The topological polar surface area (TPSA) is 106 Å². The highest BCUT2D eigenvalue weighted by Gasteiger charge is 2.37. The van der Waals surface area contributed by atoms with Crippen LogP contribution in [0.1, 0.15) is 0 Å². The minimum Gasteiger partial charge on any atom is -0.268 e. The molecule has 84 valence electrons. The van der Waals surface area contributed by atoms with Gasteiger partial charge in [0.25, 0.3) is 21.8 Å². The zero-order chi connectivity index (χ0) is 11.9. The monoisotopic (exact) mass is 253 g/mol. The molecule has 0 aromatic rings. The second-order valence-electron chi connectivity index (χ2n) is 2.93. The lowest BCUT2D eigenvalue weighted by molar-refractivity contribution is -0.130. The number of rotatable bonds is 3. The summed E-state index contributed by atoms with van der Waals surface area (Å²) in [6.45, 7) is 0. The Kier molecular flexibility index (Phi) is 2.70. The average Bonchev–Trinajstić information content (AvgIpc) is 2.25. The van der Waals surface area contributed by atoms with Gasteiger partial charge in [-0.05, 0) is 0 Å². The van der Waals surface area contributed by atoms with Gasteiger partial charge in [0.15, 0.2) is 14.9 Å². The van der Waals surface area contributed by atoms with E-state index in [1.54, 1.807) is 0 Å². The highest BCUT2D eigenvalue weighted by atomic mass is 32.3. The number of hydrogen-bond acceptors (Lipinski definition) is 6. The SMILES string of the molecule is CS(=O)(=O)CS(=O)(=O)N1C(=O)C=CC1=O. The van der Waals surface area contributed by atoms with Crippen molar-refractivity contribution >= 4 is 31.7 Å². The maximum Gasteiger partial charge on any atom is 0.267 e. The van der Waals surface area contributed by atoms with E-state index in [-0.39, 0.29) is 4.31 Å². The van der Waals surface area contributed by atoms with Gasteiger partial charge in [-0.15, -0.1) is 0 Å². The van der Waals surface area contributed by atoms with Crippen LogP contribution in [0.2, 0.25) is 0 Å². The predicted octanol–water partition coefficient (Wildman–Crippen LogP) is -1.76. The third kappa shape index (κ3) is 2.63. The first kappa shape index (κ1) is 11.9. The molecule has 1 aliphatic heterocycles. The predicted molar refractivity (Wildman–Crippen MR) is 49.6 cm³/mol. The number of amides is 2. The first-order chi connectivity index (χ1) is 6.63. The van der Waals surface area contributed by atoms with Gasteiger partial charge in [-0.1, -0.05) is 0 Å². The van der Waals surface area contributed by atoms with Crippen molar-refractivity contribution in [3.05, 3.63) is 12.2 Å². The van der Waals surface area contributed by atoms with E-state index >= 15 is 0 Å². The molecule has 1 rings (SSSR count). The fraction of sp³-hybridized carbons (Fsp3) is 0.333. The zero-order valence-corrected chi connectivity index (χ0v) is 9.21. The zero-order valence-electron chi connectivity index (χ0n) is 7.58. The van der Waals surface area contributed by atoms with Crippen molar-refractivity contribution in [3.8, 4) is 0 Å². The summed E-state index contributed by atoms with van der Waals surface area (Å²) in [7, 11) is -8.26. The molecule has 0 bridgehead atoms. The maximum absolute atomic E-state index is 11.3. The molecule has 0 saturated carbocycles. The summed E-state index contributed by atoms with van der Waals surface area (Å²) >= 11 is 0. The summed E-state index contributed by atoms with van der Waals surface area (Å²) in [5, 5.41) is -1.26. The first-order valence-electron chi connectivity index (χ1n) is 3.60. The van der Waals surface area contributed by atoms with E-state index in [1.165, 1.54) is 0 Å². The first-order valence-corrected chi connectivity index (χ1v) is 7.27. The van der Waals surface area contributed by atoms with Crippen LogP contribution in [0, 0.1) is 0 Å². The Hall–Kier alpha value is -1.22. The Morgan fingerprint density at radius 3 is 1.80 bits per heavy atom. The number of imide groups is 1. The van der Waals surface area contributed by atoms with Crippen LogP contribution >= 0.6 is 0 Å². The molecule has 1 aliphatic rings. The number of sulfonamides is 1. The molecule has 0 unspecified atom stereocenters. The van der Waals surface area contributed by atoms with Crippen molar-refractivity contribution < 1.29 is 26.4 Å². The smallest absolute Gasteiger partial charge is 0.267 e. The molecule has 0 fully saturated rings. The second-order valence-corrected chi connectivity index (χ2v) is 7.25. The van der Waals surface area contributed by atoms with Crippen LogP contribution in [-0.4, -0.2) is 44.3 Å².